The molecule has 1 aliphatic heterocycles. The van der Waals surface area contributed by atoms with E-state index in [9.17, 15) is 13.2 Å². The maximum atomic E-state index is 12.6. The number of hydrogen-bond acceptors (Lipinski definition) is 5. The second-order valence-corrected chi connectivity index (χ2v) is 8.57. The van der Waals surface area contributed by atoms with Gasteiger partial charge in [-0.05, 0) is 19.0 Å². The summed E-state index contributed by atoms with van der Waals surface area (Å²) in [4.78, 5) is 16.1. The van der Waals surface area contributed by atoms with Crippen LogP contribution in [-0.4, -0.2) is 88.5 Å². The first-order chi connectivity index (χ1) is 12.4. The number of amides is 1. The molecule has 0 radical (unpaired) electrons. The number of hydrogen-bond donors (Lipinski definition) is 0. The van der Waals surface area contributed by atoms with Crippen LogP contribution in [0.5, 0.6) is 0 Å². The average molecular weight is 384 g/mol. The van der Waals surface area contributed by atoms with Crippen LogP contribution in [0.2, 0.25) is 0 Å². The molecule has 26 heavy (non-hydrogen) atoms. The van der Waals surface area contributed by atoms with Crippen molar-refractivity contribution in [1.29, 1.82) is 0 Å². The number of piperazine rings is 1. The summed E-state index contributed by atoms with van der Waals surface area (Å²) in [6.45, 7) is 3.42. The van der Waals surface area contributed by atoms with Gasteiger partial charge in [-0.1, -0.05) is 30.3 Å². The van der Waals surface area contributed by atoms with Crippen molar-refractivity contribution in [2.45, 2.75) is 12.2 Å². The number of carbonyl (C=O) groups excluding carboxylic acids is 1. The zero-order valence-corrected chi connectivity index (χ0v) is 16.5. The van der Waals surface area contributed by atoms with Crippen LogP contribution in [0.4, 0.5) is 0 Å². The highest BCUT2D eigenvalue weighted by molar-refractivity contribution is 7.88. The van der Waals surface area contributed by atoms with E-state index < -0.39 is 10.0 Å². The Balaban J connectivity index is 1.79. The summed E-state index contributed by atoms with van der Waals surface area (Å²) < 4.78 is 31.6. The molecule has 1 amide bonds. The molecule has 2 rings (SSSR count). The van der Waals surface area contributed by atoms with Crippen LogP contribution in [0.15, 0.2) is 30.3 Å². The second-order valence-electron chi connectivity index (χ2n) is 6.61. The molecule has 1 saturated heterocycles. The lowest BCUT2D eigenvalue weighted by Gasteiger charge is -2.34. The molecule has 0 aromatic heterocycles. The van der Waals surface area contributed by atoms with Gasteiger partial charge < -0.3 is 9.64 Å². The minimum atomic E-state index is -3.35. The molecule has 1 aliphatic rings. The van der Waals surface area contributed by atoms with Gasteiger partial charge >= 0.3 is 0 Å². The van der Waals surface area contributed by atoms with E-state index in [4.69, 9.17) is 4.74 Å². The normalized spacial score (nSPS) is 16.2. The van der Waals surface area contributed by atoms with Gasteiger partial charge in [-0.3, -0.25) is 9.69 Å². The Kier molecular flexibility index (Phi) is 8.02. The van der Waals surface area contributed by atoms with E-state index in [0.29, 0.717) is 39.3 Å². The van der Waals surface area contributed by atoms with Crippen molar-refractivity contribution in [1.82, 2.24) is 14.1 Å². The maximum absolute atomic E-state index is 12.6. The molecule has 0 aliphatic carbocycles. The van der Waals surface area contributed by atoms with Crippen molar-refractivity contribution in [3.63, 3.8) is 0 Å². The van der Waals surface area contributed by atoms with Crippen molar-refractivity contribution in [3.05, 3.63) is 35.9 Å². The summed E-state index contributed by atoms with van der Waals surface area (Å²) in [5.41, 5.74) is 0.781. The Morgan fingerprint density at radius 2 is 1.81 bits per heavy atom. The van der Waals surface area contributed by atoms with Crippen LogP contribution < -0.4 is 0 Å². The van der Waals surface area contributed by atoms with Gasteiger partial charge in [0.25, 0.3) is 0 Å². The predicted molar refractivity (Wildman–Crippen MR) is 101 cm³/mol. The topological polar surface area (TPSA) is 70.2 Å². The summed E-state index contributed by atoms with van der Waals surface area (Å²) >= 11 is 0. The number of methoxy groups -OCH3 is 1. The first-order valence-electron chi connectivity index (χ1n) is 8.89. The third-order valence-electron chi connectivity index (χ3n) is 4.47. The number of ether oxygens (including phenoxy) is 1. The summed E-state index contributed by atoms with van der Waals surface area (Å²) in [5, 5.41) is 0. The van der Waals surface area contributed by atoms with Crippen LogP contribution in [0, 0.1) is 0 Å². The second kappa shape index (κ2) is 10.0. The zero-order chi connectivity index (χ0) is 19.0. The van der Waals surface area contributed by atoms with Crippen molar-refractivity contribution in [3.8, 4) is 0 Å². The monoisotopic (exact) mass is 383 g/mol. The minimum absolute atomic E-state index is 0.00399. The van der Waals surface area contributed by atoms with E-state index in [1.54, 1.807) is 12.0 Å². The number of likely N-dealkylation sites (N-methyl/N-ethyl adjacent to an activating group) is 1. The van der Waals surface area contributed by atoms with Crippen molar-refractivity contribution < 1.29 is 17.9 Å². The van der Waals surface area contributed by atoms with E-state index >= 15 is 0 Å². The Labute approximate surface area is 156 Å². The molecule has 7 nitrogen and oxygen atoms in total. The maximum Gasteiger partial charge on any atom is 0.236 e. The minimum Gasteiger partial charge on any atom is -0.385 e. The van der Waals surface area contributed by atoms with Crippen LogP contribution in [0.1, 0.15) is 12.0 Å². The van der Waals surface area contributed by atoms with Gasteiger partial charge in [0.1, 0.15) is 0 Å². The molecule has 0 saturated carbocycles. The van der Waals surface area contributed by atoms with Crippen LogP contribution in [-0.2, 0) is 25.3 Å². The first kappa shape index (κ1) is 20.8. The van der Waals surface area contributed by atoms with E-state index in [1.807, 2.05) is 42.3 Å². The van der Waals surface area contributed by atoms with Gasteiger partial charge in [0.15, 0.2) is 0 Å². The lowest BCUT2D eigenvalue weighted by molar-refractivity contribution is -0.133. The van der Waals surface area contributed by atoms with Gasteiger partial charge in [0, 0.05) is 46.4 Å². The number of nitrogens with zero attached hydrogens (tertiary/aromatic N) is 3. The van der Waals surface area contributed by atoms with E-state index in [1.165, 1.54) is 4.31 Å². The van der Waals surface area contributed by atoms with Gasteiger partial charge in [0.05, 0.1) is 12.3 Å². The number of rotatable bonds is 9. The van der Waals surface area contributed by atoms with Crippen molar-refractivity contribution in [2.75, 3.05) is 60.0 Å². The fraction of sp³-hybridized carbons (Fsp3) is 0.611. The van der Waals surface area contributed by atoms with E-state index in [-0.39, 0.29) is 11.7 Å². The third kappa shape index (κ3) is 6.35. The smallest absolute Gasteiger partial charge is 0.236 e. The molecule has 0 atom stereocenters. The van der Waals surface area contributed by atoms with E-state index in [2.05, 4.69) is 0 Å². The van der Waals surface area contributed by atoms with E-state index in [0.717, 1.165) is 18.5 Å². The summed E-state index contributed by atoms with van der Waals surface area (Å²) in [6.07, 6.45) is 0.881. The molecule has 0 unspecified atom stereocenters. The molecule has 1 aromatic rings. The Morgan fingerprint density at radius 1 is 1.15 bits per heavy atom. The first-order valence-corrected chi connectivity index (χ1v) is 10.5. The lowest BCUT2D eigenvalue weighted by Crippen LogP contribution is -2.52. The number of benzene rings is 1. The summed E-state index contributed by atoms with van der Waals surface area (Å²) in [6, 6.07) is 9.18. The predicted octanol–water partition coefficient (Wildman–Crippen LogP) is 0.629. The highest BCUT2D eigenvalue weighted by Gasteiger charge is 2.29. The summed E-state index contributed by atoms with van der Waals surface area (Å²) in [5.74, 6) is 0.0503. The highest BCUT2D eigenvalue weighted by Crippen LogP contribution is 2.13. The molecule has 0 spiro atoms. The number of carbonyl (C=O) groups is 1. The van der Waals surface area contributed by atoms with Crippen LogP contribution >= 0.6 is 0 Å². The Morgan fingerprint density at radius 3 is 2.42 bits per heavy atom. The van der Waals surface area contributed by atoms with Gasteiger partial charge in [-0.25, -0.2) is 8.42 Å². The largest absolute Gasteiger partial charge is 0.385 e. The molecular weight excluding hydrogens is 354 g/mol. The quantitative estimate of drug-likeness (QED) is 0.585. The number of sulfonamides is 1. The molecule has 1 aromatic carbocycles. The van der Waals surface area contributed by atoms with Crippen molar-refractivity contribution >= 4 is 15.9 Å². The van der Waals surface area contributed by atoms with Gasteiger partial charge in [-0.15, -0.1) is 0 Å². The Bertz CT molecular complexity index is 658. The fourth-order valence-electron chi connectivity index (χ4n) is 2.98. The SMILES string of the molecule is COCCCN(C)CC(=O)N1CCN(S(=O)(=O)Cc2ccccc2)CC1. The third-order valence-corrected chi connectivity index (χ3v) is 6.32. The van der Waals surface area contributed by atoms with Crippen LogP contribution in [0.3, 0.4) is 0 Å². The van der Waals surface area contributed by atoms with Gasteiger partial charge in [0.2, 0.25) is 15.9 Å². The molecule has 8 heteroatoms. The molecule has 146 valence electrons. The average Bonchev–Trinajstić information content (AvgIpc) is 2.62. The molecule has 0 N–H and O–H groups in total. The molecular formula is C18H29N3O4S. The fourth-order valence-corrected chi connectivity index (χ4v) is 4.50. The van der Waals surface area contributed by atoms with Gasteiger partial charge in [-0.2, -0.15) is 4.31 Å². The standard InChI is InChI=1S/C18H29N3O4S/c1-19(9-6-14-25-2)15-18(22)20-10-12-21(13-11-20)26(23,24)16-17-7-4-3-5-8-17/h3-5,7-8H,6,9-16H2,1-2H3. The van der Waals surface area contributed by atoms with Crippen molar-refractivity contribution in [2.24, 2.45) is 0 Å². The Hall–Kier alpha value is -1.48. The summed E-state index contributed by atoms with van der Waals surface area (Å²) in [7, 11) is 0.222. The lowest BCUT2D eigenvalue weighted by atomic mass is 10.2. The van der Waals surface area contributed by atoms with Crippen LogP contribution in [0.25, 0.3) is 0 Å². The zero-order valence-electron chi connectivity index (χ0n) is 15.6. The molecule has 1 fully saturated rings. The molecule has 1 heterocycles. The molecule has 0 bridgehead atoms. The highest BCUT2D eigenvalue weighted by atomic mass is 32.2.